The van der Waals surface area contributed by atoms with E-state index in [1.54, 1.807) is 0 Å². The van der Waals surface area contributed by atoms with E-state index < -0.39 is 0 Å². The molecule has 92 heavy (non-hydrogen) atoms. The third kappa shape index (κ3) is 13.1. The van der Waals surface area contributed by atoms with Crippen LogP contribution < -0.4 is 9.80 Å². The average molecular weight is 1190 g/mol. The van der Waals surface area contributed by atoms with E-state index in [9.17, 15) is 0 Å². The molecule has 0 saturated heterocycles. The molecule has 2 aliphatic rings. The molecule has 2 aliphatic carbocycles. The van der Waals surface area contributed by atoms with Crippen LogP contribution in [0.1, 0.15) is 90.1 Å². The van der Waals surface area contributed by atoms with Gasteiger partial charge >= 0.3 is 0 Å². The van der Waals surface area contributed by atoms with Gasteiger partial charge < -0.3 is 9.80 Å². The maximum absolute atomic E-state index is 2.49. The van der Waals surface area contributed by atoms with Gasteiger partial charge in [0.1, 0.15) is 0 Å². The summed E-state index contributed by atoms with van der Waals surface area (Å²) in [6.07, 6.45) is 20.1. The minimum absolute atomic E-state index is 0.609. The summed E-state index contributed by atoms with van der Waals surface area (Å²) in [5.74, 6) is 0.609. The van der Waals surface area contributed by atoms with E-state index in [1.807, 2.05) is 0 Å². The van der Waals surface area contributed by atoms with E-state index in [-0.39, 0.29) is 0 Å². The highest BCUT2D eigenvalue weighted by atomic mass is 15.1. The highest BCUT2D eigenvalue weighted by Crippen LogP contribution is 2.40. The first-order valence-electron chi connectivity index (χ1n) is 33.4. The van der Waals surface area contributed by atoms with Crippen LogP contribution >= 0.6 is 0 Å². The lowest BCUT2D eigenvalue weighted by Crippen LogP contribution is -2.20. The highest BCUT2D eigenvalue weighted by Gasteiger charge is 2.18. The molecule has 0 bridgehead atoms. The summed E-state index contributed by atoms with van der Waals surface area (Å²) in [5.41, 5.74) is 36.8. The van der Waals surface area contributed by atoms with Crippen LogP contribution in [0.25, 0.3) is 89.0 Å². The third-order valence-corrected chi connectivity index (χ3v) is 19.4. The maximum atomic E-state index is 2.49. The molecule has 0 heterocycles. The average Bonchev–Trinajstić information content (AvgIpc) is 1.06. The molecule has 0 fully saturated rings. The predicted molar refractivity (Wildman–Crippen MR) is 398 cm³/mol. The second kappa shape index (κ2) is 27.2. The van der Waals surface area contributed by atoms with Crippen molar-refractivity contribution in [3.63, 3.8) is 0 Å². The van der Waals surface area contributed by atoms with Crippen molar-refractivity contribution in [1.82, 2.24) is 0 Å². The van der Waals surface area contributed by atoms with Gasteiger partial charge in [-0.25, -0.2) is 0 Å². The summed E-state index contributed by atoms with van der Waals surface area (Å²) in [5, 5.41) is 0. The van der Waals surface area contributed by atoms with Crippen LogP contribution in [0.3, 0.4) is 0 Å². The Morgan fingerprint density at radius 2 is 0.826 bits per heavy atom. The van der Waals surface area contributed by atoms with Crippen molar-refractivity contribution < 1.29 is 0 Å². The minimum Gasteiger partial charge on any atom is -0.345 e. The monoisotopic (exact) mass is 1190 g/mol. The molecular weight excluding hydrogens is 1110 g/mol. The fourth-order valence-corrected chi connectivity index (χ4v) is 13.9. The van der Waals surface area contributed by atoms with E-state index in [4.69, 9.17) is 0 Å². The van der Waals surface area contributed by atoms with Gasteiger partial charge in [-0.2, -0.15) is 0 Å². The molecule has 0 aromatic heterocycles. The fraction of sp³-hybridized carbons (Fsp3) is 0.178. The van der Waals surface area contributed by atoms with Gasteiger partial charge in [0.05, 0.1) is 0 Å². The minimum atomic E-state index is 0.609. The Labute approximate surface area is 548 Å². The van der Waals surface area contributed by atoms with Crippen LogP contribution in [0, 0.1) is 33.6 Å². The van der Waals surface area contributed by atoms with Gasteiger partial charge in [-0.3, -0.25) is 0 Å². The summed E-state index contributed by atoms with van der Waals surface area (Å²) in [7, 11) is 2.16. The first kappa shape index (κ1) is 60.9. The van der Waals surface area contributed by atoms with Gasteiger partial charge in [0.2, 0.25) is 0 Å². The molecule has 0 spiro atoms. The van der Waals surface area contributed by atoms with Gasteiger partial charge in [-0.1, -0.05) is 245 Å². The quantitative estimate of drug-likeness (QED) is 0.0845. The molecule has 0 saturated carbocycles. The second-order valence-corrected chi connectivity index (χ2v) is 25.6. The summed E-state index contributed by atoms with van der Waals surface area (Å²) in [6.45, 7) is 16.7. The molecule has 13 rings (SSSR count). The highest BCUT2D eigenvalue weighted by molar-refractivity contribution is 5.84. The van der Waals surface area contributed by atoms with Crippen LogP contribution in [0.5, 0.6) is 0 Å². The van der Waals surface area contributed by atoms with E-state index in [2.05, 4.69) is 338 Å². The summed E-state index contributed by atoms with van der Waals surface area (Å²) in [4.78, 5) is 4.77. The first-order valence-corrected chi connectivity index (χ1v) is 33.4. The Morgan fingerprint density at radius 3 is 1.35 bits per heavy atom. The van der Waals surface area contributed by atoms with Crippen molar-refractivity contribution in [1.29, 1.82) is 0 Å². The van der Waals surface area contributed by atoms with Crippen LogP contribution in [-0.2, 0) is 19.3 Å². The summed E-state index contributed by atoms with van der Waals surface area (Å²) < 4.78 is 0. The number of benzene rings is 11. The number of anilines is 4. The SMILES string of the molecule is CCc1cc(-c2ccc(-c3ccc(N(C)c4cccc(-c5ccccc5)c4)cc3C)cc2)c(CC)cc1-c1ccc(-c2ccc(CCN(c3ccc(C4=CCCC=C4)cc3)c3ccc(-c4ccc(-c5ccc(C6=CC[C@@H](C)C=C6)c(C)c5)cc4C)cc3)cc2C)cc1. The molecule has 2 heteroatoms. The van der Waals surface area contributed by atoms with Crippen molar-refractivity contribution >= 4 is 33.9 Å². The molecule has 11 aromatic rings. The molecule has 11 aromatic carbocycles. The number of aryl methyl sites for hydroxylation is 6. The van der Waals surface area contributed by atoms with E-state index in [0.717, 1.165) is 45.1 Å². The largest absolute Gasteiger partial charge is 0.345 e. The normalized spacial score (nSPS) is 13.6. The number of hydrogen-bond acceptors (Lipinski definition) is 2. The van der Waals surface area contributed by atoms with Crippen molar-refractivity contribution in [3.05, 3.63) is 323 Å². The van der Waals surface area contributed by atoms with E-state index >= 15 is 0 Å². The van der Waals surface area contributed by atoms with Crippen LogP contribution in [-0.4, -0.2) is 13.6 Å². The summed E-state index contributed by atoms with van der Waals surface area (Å²) >= 11 is 0. The lowest BCUT2D eigenvalue weighted by molar-refractivity contribution is 0.739. The third-order valence-electron chi connectivity index (χ3n) is 19.4. The molecular formula is C90H84N2. The molecule has 0 radical (unpaired) electrons. The number of hydrogen-bond donors (Lipinski definition) is 0. The topological polar surface area (TPSA) is 6.48 Å². The van der Waals surface area contributed by atoms with Gasteiger partial charge in [0, 0.05) is 36.3 Å². The molecule has 2 nitrogen and oxygen atoms in total. The summed E-state index contributed by atoms with van der Waals surface area (Å²) in [6, 6.07) is 89.1. The van der Waals surface area contributed by atoms with Crippen molar-refractivity contribution in [3.8, 4) is 77.9 Å². The van der Waals surface area contributed by atoms with Crippen LogP contribution in [0.4, 0.5) is 22.7 Å². The molecule has 1 atom stereocenters. The van der Waals surface area contributed by atoms with Crippen LogP contribution in [0.15, 0.2) is 273 Å². The Balaban J connectivity index is 0.693. The van der Waals surface area contributed by atoms with Crippen molar-refractivity contribution in [2.24, 2.45) is 5.92 Å². The molecule has 0 aliphatic heterocycles. The Kier molecular flexibility index (Phi) is 18.0. The fourth-order valence-electron chi connectivity index (χ4n) is 13.9. The number of allylic oxidation sites excluding steroid dienone is 8. The molecule has 0 amide bonds. The lowest BCUT2D eigenvalue weighted by Gasteiger charge is -2.26. The van der Waals surface area contributed by atoms with Crippen LogP contribution in [0.2, 0.25) is 0 Å². The van der Waals surface area contributed by atoms with Crippen molar-refractivity contribution in [2.75, 3.05) is 23.4 Å². The zero-order chi connectivity index (χ0) is 63.2. The van der Waals surface area contributed by atoms with Crippen molar-refractivity contribution in [2.45, 2.75) is 87.0 Å². The van der Waals surface area contributed by atoms with Gasteiger partial charge in [0.25, 0.3) is 0 Å². The zero-order valence-electron chi connectivity index (χ0n) is 54.9. The maximum Gasteiger partial charge on any atom is 0.0414 e. The first-order chi connectivity index (χ1) is 44.9. The number of rotatable bonds is 18. The zero-order valence-corrected chi connectivity index (χ0v) is 54.9. The van der Waals surface area contributed by atoms with Gasteiger partial charge in [0.15, 0.2) is 0 Å². The molecule has 0 unspecified atom stereocenters. The van der Waals surface area contributed by atoms with E-state index in [1.165, 1.54) is 162 Å². The molecule has 0 N–H and O–H groups in total. The van der Waals surface area contributed by atoms with Gasteiger partial charge in [-0.05, 0) is 260 Å². The Bertz CT molecular complexity index is 4590. The predicted octanol–water partition coefficient (Wildman–Crippen LogP) is 24.6. The van der Waals surface area contributed by atoms with E-state index in [0.29, 0.717) is 5.92 Å². The second-order valence-electron chi connectivity index (χ2n) is 25.6. The van der Waals surface area contributed by atoms with Gasteiger partial charge in [-0.15, -0.1) is 0 Å². The Morgan fingerprint density at radius 1 is 0.359 bits per heavy atom. The number of nitrogens with zero attached hydrogens (tertiary/aromatic N) is 2. The standard InChI is InChI=1S/C90H84N2/c1-9-67-60-90(77-35-31-74(32-36-77)88-51-47-84(57-65(88)7)91(8)83-23-17-22-78(58-83)70-20-15-12-16-21-70)68(10-2)59-89(67)76-33-29-73(30-34-76)85-48-26-66(54-62(85)4)52-53-92(81-43-37-71(38-44-81)69-18-13-11-14-19-69)82-45-39-75(40-46-82)87-50-42-80(56-64(87)6)79-41-49-86(63(5)55-79)72-27-24-61(3)25-28-72/h12-13,15-24,26-51,54-61H,9-11,14,25,52-53H2,1-8H3/t61-/m0/s1. The smallest absolute Gasteiger partial charge is 0.0414 e. The lowest BCUT2D eigenvalue weighted by atomic mass is 9.87. The molecule has 454 valence electrons. The Hall–Kier alpha value is -10.0.